The highest BCUT2D eigenvalue weighted by Crippen LogP contribution is 2.69. The lowest BCUT2D eigenvalue weighted by Crippen LogP contribution is -2.66. The first kappa shape index (κ1) is 40.3. The molecule has 1 aromatic carbocycles. The summed E-state index contributed by atoms with van der Waals surface area (Å²) in [7, 11) is -7.66. The number of oxime groups is 1. The average molecular weight is 758 g/mol. The Labute approximate surface area is 310 Å². The molecule has 282 valence electrons. The normalized spacial score (nSPS) is 35.2. The number of rotatable bonds is 13. The molecular weight excluding hydrogens is 687 g/mol. The van der Waals surface area contributed by atoms with Crippen LogP contribution >= 0.6 is 0 Å². The van der Waals surface area contributed by atoms with E-state index in [9.17, 15) is 0 Å². The molecule has 6 nitrogen and oxygen atoms in total. The van der Waals surface area contributed by atoms with Gasteiger partial charge in [0.2, 0.25) is 0 Å². The minimum atomic E-state index is -2.16. The third-order valence-electron chi connectivity index (χ3n) is 12.0. The van der Waals surface area contributed by atoms with Crippen LogP contribution in [0.4, 0.5) is 0 Å². The minimum absolute atomic E-state index is 0.0991. The van der Waals surface area contributed by atoms with Crippen LogP contribution in [0.25, 0.3) is 0 Å². The Kier molecular flexibility index (Phi) is 11.6. The lowest BCUT2D eigenvalue weighted by Gasteiger charge is -2.60. The van der Waals surface area contributed by atoms with Crippen molar-refractivity contribution >= 4 is 39.0 Å². The molecule has 0 amide bonds. The molecule has 0 bridgehead atoms. The highest BCUT2D eigenvalue weighted by molar-refractivity contribution is 6.71. The van der Waals surface area contributed by atoms with Crippen LogP contribution in [0, 0.1) is 28.6 Å². The maximum atomic E-state index is 7.75. The van der Waals surface area contributed by atoms with Crippen molar-refractivity contribution in [3.63, 3.8) is 0 Å². The molecule has 10 heteroatoms. The number of hydrogen-bond acceptors (Lipinski definition) is 6. The van der Waals surface area contributed by atoms with Crippen molar-refractivity contribution in [3.8, 4) is 0 Å². The Balaban J connectivity index is 1.60. The third-order valence-corrected chi connectivity index (χ3v) is 16.0. The van der Waals surface area contributed by atoms with Crippen molar-refractivity contribution in [1.82, 2.24) is 0 Å². The van der Waals surface area contributed by atoms with Crippen LogP contribution < -0.4 is 0 Å². The van der Waals surface area contributed by atoms with Crippen molar-refractivity contribution in [2.45, 2.75) is 162 Å². The molecule has 0 N–H and O–H groups in total. The Morgan fingerprint density at radius 2 is 1.44 bits per heavy atom. The van der Waals surface area contributed by atoms with Gasteiger partial charge in [-0.05, 0) is 152 Å². The van der Waals surface area contributed by atoms with E-state index in [1.54, 1.807) is 5.57 Å². The van der Waals surface area contributed by atoms with E-state index in [0.29, 0.717) is 37.1 Å². The van der Waals surface area contributed by atoms with Crippen LogP contribution in [0.1, 0.15) is 64.4 Å². The standard InChI is InChI=1S/C40H71NO5Si4/c1-38-24-22-32(44-48(6,7)8)26-31(38)20-21-33-34(38)23-25-39(2)35(33)27-37(45-49(9,10)11)40(39,46-50(12,13)14)36(29-43-47(3,4)5)41-42-28-30-18-16-15-17-19-30/h15-20,32-35,37H,21-29H2,1-14H3/b41-36+. The summed E-state index contributed by atoms with van der Waals surface area (Å²) in [6.07, 6.45) is 10.9. The average Bonchev–Trinajstić information content (AvgIpc) is 3.20. The van der Waals surface area contributed by atoms with Gasteiger partial charge < -0.3 is 22.5 Å². The Morgan fingerprint density at radius 1 is 0.780 bits per heavy atom. The van der Waals surface area contributed by atoms with Gasteiger partial charge in [0.1, 0.15) is 17.9 Å². The largest absolute Gasteiger partial charge is 0.414 e. The molecule has 4 aliphatic carbocycles. The first-order chi connectivity index (χ1) is 23.0. The number of hydrogen-bond donors (Lipinski definition) is 0. The van der Waals surface area contributed by atoms with Crippen LogP contribution in [0.15, 0.2) is 47.1 Å². The van der Waals surface area contributed by atoms with Gasteiger partial charge in [0.15, 0.2) is 33.3 Å². The summed E-state index contributed by atoms with van der Waals surface area (Å²) >= 11 is 0. The highest BCUT2D eigenvalue weighted by Gasteiger charge is 2.71. The molecule has 50 heavy (non-hydrogen) atoms. The summed E-state index contributed by atoms with van der Waals surface area (Å²) in [5.41, 5.74) is 3.03. The maximum Gasteiger partial charge on any atom is 0.185 e. The monoisotopic (exact) mass is 757 g/mol. The van der Waals surface area contributed by atoms with Crippen LogP contribution in [-0.4, -0.2) is 63.4 Å². The first-order valence-corrected chi connectivity index (χ1v) is 33.2. The van der Waals surface area contributed by atoms with Gasteiger partial charge in [-0.1, -0.05) is 61.0 Å². The van der Waals surface area contributed by atoms with Gasteiger partial charge in [0, 0.05) is 11.5 Å². The predicted molar refractivity (Wildman–Crippen MR) is 219 cm³/mol. The quantitative estimate of drug-likeness (QED) is 0.0868. The van der Waals surface area contributed by atoms with E-state index < -0.39 is 38.9 Å². The minimum Gasteiger partial charge on any atom is -0.414 e. The van der Waals surface area contributed by atoms with Crippen LogP contribution in [0.2, 0.25) is 78.6 Å². The summed E-state index contributed by atoms with van der Waals surface area (Å²) in [5.74, 6) is 1.70. The fraction of sp³-hybridized carbons (Fsp3) is 0.775. The van der Waals surface area contributed by atoms with Gasteiger partial charge in [0.25, 0.3) is 0 Å². The van der Waals surface area contributed by atoms with Crippen molar-refractivity contribution in [1.29, 1.82) is 0 Å². The summed E-state index contributed by atoms with van der Waals surface area (Å²) in [4.78, 5) is 6.34. The van der Waals surface area contributed by atoms with Crippen molar-refractivity contribution in [2.75, 3.05) is 6.61 Å². The van der Waals surface area contributed by atoms with E-state index in [1.807, 2.05) is 6.07 Å². The topological polar surface area (TPSA) is 58.5 Å². The smallest absolute Gasteiger partial charge is 0.185 e. The molecule has 4 aliphatic rings. The van der Waals surface area contributed by atoms with Gasteiger partial charge in [-0.3, -0.25) is 0 Å². The second kappa shape index (κ2) is 14.4. The molecule has 0 spiro atoms. The number of benzene rings is 1. The summed E-state index contributed by atoms with van der Waals surface area (Å²) in [6.45, 7) is 33.8. The van der Waals surface area contributed by atoms with Crippen LogP contribution in [0.5, 0.6) is 0 Å². The van der Waals surface area contributed by atoms with E-state index in [2.05, 4.69) is 123 Å². The Morgan fingerprint density at radius 3 is 2.04 bits per heavy atom. The van der Waals surface area contributed by atoms with Gasteiger partial charge in [-0.15, -0.1) is 0 Å². The first-order valence-electron chi connectivity index (χ1n) is 19.6. The molecule has 0 radical (unpaired) electrons. The summed E-state index contributed by atoms with van der Waals surface area (Å²) in [5, 5.41) is 5.12. The van der Waals surface area contributed by atoms with Crippen LogP contribution in [-0.2, 0) is 29.1 Å². The SMILES string of the molecule is CC12CCC(O[Si](C)(C)C)CC1=CCC1C2CCC2(C)C1CC(O[Si](C)(C)C)C2(O[Si](C)(C)C)/C(CO[Si](C)(C)C)=N/OCc1ccccc1. The molecule has 3 fully saturated rings. The molecule has 0 aromatic heterocycles. The highest BCUT2D eigenvalue weighted by atomic mass is 28.4. The van der Waals surface area contributed by atoms with E-state index >= 15 is 0 Å². The maximum absolute atomic E-state index is 7.75. The molecule has 5 rings (SSSR count). The zero-order chi connectivity index (χ0) is 37.0. The molecule has 0 heterocycles. The van der Waals surface area contributed by atoms with Crippen LogP contribution in [0.3, 0.4) is 0 Å². The zero-order valence-corrected chi connectivity index (χ0v) is 38.2. The molecule has 1 aromatic rings. The van der Waals surface area contributed by atoms with Crippen molar-refractivity contribution in [2.24, 2.45) is 33.7 Å². The van der Waals surface area contributed by atoms with Crippen molar-refractivity contribution in [3.05, 3.63) is 47.5 Å². The van der Waals surface area contributed by atoms with Gasteiger partial charge in [-0.2, -0.15) is 0 Å². The molecule has 3 saturated carbocycles. The lowest BCUT2D eigenvalue weighted by atomic mass is 9.46. The van der Waals surface area contributed by atoms with E-state index in [0.717, 1.165) is 37.0 Å². The summed E-state index contributed by atoms with van der Waals surface area (Å²) < 4.78 is 28.6. The van der Waals surface area contributed by atoms with Crippen molar-refractivity contribution < 1.29 is 22.5 Å². The Hall–Kier alpha value is -0.862. The van der Waals surface area contributed by atoms with E-state index in [4.69, 9.17) is 27.7 Å². The van der Waals surface area contributed by atoms with Gasteiger partial charge in [0.05, 0.1) is 12.7 Å². The molecule has 8 unspecified atom stereocenters. The molecule has 0 saturated heterocycles. The molecule has 8 atom stereocenters. The van der Waals surface area contributed by atoms with E-state index in [1.165, 1.54) is 19.3 Å². The molecule has 0 aliphatic heterocycles. The molecular formula is C40H71NO5Si4. The Bertz CT molecular complexity index is 1390. The predicted octanol–water partition coefficient (Wildman–Crippen LogP) is 11.0. The fourth-order valence-electron chi connectivity index (χ4n) is 10.3. The van der Waals surface area contributed by atoms with Gasteiger partial charge >= 0.3 is 0 Å². The number of allylic oxidation sites excluding steroid dienone is 1. The second-order valence-electron chi connectivity index (χ2n) is 20.4. The second-order valence-corrected chi connectivity index (χ2v) is 38.3. The van der Waals surface area contributed by atoms with E-state index in [-0.39, 0.29) is 16.9 Å². The lowest BCUT2D eigenvalue weighted by molar-refractivity contribution is -0.103. The fourth-order valence-corrected chi connectivity index (χ4v) is 14.6. The van der Waals surface area contributed by atoms with Gasteiger partial charge in [-0.25, -0.2) is 0 Å². The third kappa shape index (κ3) is 8.74. The number of fused-ring (bicyclic) bond motifs is 5. The summed E-state index contributed by atoms with van der Waals surface area (Å²) in [6, 6.07) is 10.4. The number of nitrogens with zero attached hydrogens (tertiary/aromatic N) is 1. The zero-order valence-electron chi connectivity index (χ0n) is 34.2.